The Hall–Kier alpha value is -1.69. The highest BCUT2D eigenvalue weighted by Gasteiger charge is 2.17. The lowest BCUT2D eigenvalue weighted by Gasteiger charge is -2.12. The average Bonchev–Trinajstić information content (AvgIpc) is 2.90. The van der Waals surface area contributed by atoms with E-state index >= 15 is 0 Å². The number of benzene rings is 1. The lowest BCUT2D eigenvalue weighted by Crippen LogP contribution is -2.19. The van der Waals surface area contributed by atoms with Crippen LogP contribution in [0, 0.1) is 25.6 Å². The standard InChI is InChI=1S/C17H23FN2O2S/c1-12(2)11-23(21,22)10-9-20-8-7-19-17(20)15-6-5-13(3)16(18)14(15)4/h5-8,12H,9-11H2,1-4H3. The Morgan fingerprint density at radius 1 is 1.26 bits per heavy atom. The number of hydrogen-bond donors (Lipinski definition) is 0. The molecule has 23 heavy (non-hydrogen) atoms. The van der Waals surface area contributed by atoms with Crippen LogP contribution in [0.5, 0.6) is 0 Å². The van der Waals surface area contributed by atoms with Gasteiger partial charge in [0.15, 0.2) is 9.84 Å². The van der Waals surface area contributed by atoms with Crippen molar-refractivity contribution >= 4 is 9.84 Å². The molecule has 0 fully saturated rings. The highest BCUT2D eigenvalue weighted by Crippen LogP contribution is 2.25. The van der Waals surface area contributed by atoms with Gasteiger partial charge in [-0.25, -0.2) is 17.8 Å². The minimum absolute atomic E-state index is 0.0575. The van der Waals surface area contributed by atoms with Crippen molar-refractivity contribution in [2.45, 2.75) is 34.2 Å². The summed E-state index contributed by atoms with van der Waals surface area (Å²) >= 11 is 0. The summed E-state index contributed by atoms with van der Waals surface area (Å²) in [6.45, 7) is 7.53. The molecule has 0 aliphatic heterocycles. The molecule has 0 saturated heterocycles. The van der Waals surface area contributed by atoms with Gasteiger partial charge < -0.3 is 4.57 Å². The highest BCUT2D eigenvalue weighted by atomic mass is 32.2. The quantitative estimate of drug-likeness (QED) is 0.811. The first-order valence-corrected chi connectivity index (χ1v) is 9.51. The second kappa shape index (κ2) is 6.83. The fourth-order valence-electron chi connectivity index (χ4n) is 2.63. The Kier molecular flexibility index (Phi) is 5.24. The molecule has 0 atom stereocenters. The molecule has 0 amide bonds. The maximum Gasteiger partial charge on any atom is 0.152 e. The zero-order valence-electron chi connectivity index (χ0n) is 14.0. The summed E-state index contributed by atoms with van der Waals surface area (Å²) in [5.74, 6) is 0.693. The molecule has 1 aromatic heterocycles. The Balaban J connectivity index is 2.26. The second-order valence-corrected chi connectivity index (χ2v) is 8.55. The van der Waals surface area contributed by atoms with Gasteiger partial charge in [0.05, 0.1) is 11.5 Å². The Morgan fingerprint density at radius 3 is 2.61 bits per heavy atom. The third kappa shape index (κ3) is 4.19. The average molecular weight is 338 g/mol. The SMILES string of the molecule is Cc1ccc(-c2nccn2CCS(=O)(=O)CC(C)C)c(C)c1F. The van der Waals surface area contributed by atoms with Crippen LogP contribution in [-0.4, -0.2) is 29.5 Å². The van der Waals surface area contributed by atoms with Gasteiger partial charge in [-0.1, -0.05) is 26.0 Å². The van der Waals surface area contributed by atoms with Crippen LogP contribution in [0.2, 0.25) is 0 Å². The highest BCUT2D eigenvalue weighted by molar-refractivity contribution is 7.91. The molecule has 2 rings (SSSR count). The van der Waals surface area contributed by atoms with Crippen molar-refractivity contribution in [2.24, 2.45) is 5.92 Å². The zero-order valence-corrected chi connectivity index (χ0v) is 14.8. The van der Waals surface area contributed by atoms with E-state index in [4.69, 9.17) is 0 Å². The first-order chi connectivity index (χ1) is 10.7. The van der Waals surface area contributed by atoms with Crippen molar-refractivity contribution in [2.75, 3.05) is 11.5 Å². The molecule has 6 heteroatoms. The summed E-state index contributed by atoms with van der Waals surface area (Å²) in [4.78, 5) is 4.28. The van der Waals surface area contributed by atoms with Gasteiger partial charge in [0.25, 0.3) is 0 Å². The smallest absolute Gasteiger partial charge is 0.152 e. The fraction of sp³-hybridized carbons (Fsp3) is 0.471. The van der Waals surface area contributed by atoms with Crippen LogP contribution >= 0.6 is 0 Å². The summed E-state index contributed by atoms with van der Waals surface area (Å²) in [6.07, 6.45) is 3.35. The van der Waals surface area contributed by atoms with E-state index in [1.807, 2.05) is 19.9 Å². The molecule has 2 aromatic rings. The summed E-state index contributed by atoms with van der Waals surface area (Å²) in [5.41, 5.74) is 1.81. The zero-order chi connectivity index (χ0) is 17.2. The first-order valence-electron chi connectivity index (χ1n) is 7.69. The normalized spacial score (nSPS) is 12.1. The summed E-state index contributed by atoms with van der Waals surface area (Å²) < 4.78 is 40.0. The maximum atomic E-state index is 14.1. The van der Waals surface area contributed by atoms with Gasteiger partial charge in [-0.3, -0.25) is 0 Å². The third-order valence-electron chi connectivity index (χ3n) is 3.77. The number of nitrogens with zero attached hydrogens (tertiary/aromatic N) is 2. The van der Waals surface area contributed by atoms with Gasteiger partial charge >= 0.3 is 0 Å². The topological polar surface area (TPSA) is 52.0 Å². The van der Waals surface area contributed by atoms with Gasteiger partial charge in [-0.05, 0) is 30.9 Å². The van der Waals surface area contributed by atoms with Gasteiger partial charge in [0.2, 0.25) is 0 Å². The van der Waals surface area contributed by atoms with Crippen molar-refractivity contribution in [3.63, 3.8) is 0 Å². The van der Waals surface area contributed by atoms with E-state index in [1.54, 1.807) is 36.9 Å². The molecule has 1 heterocycles. The summed E-state index contributed by atoms with van der Waals surface area (Å²) in [6, 6.07) is 3.54. The van der Waals surface area contributed by atoms with Crippen LogP contribution in [0.25, 0.3) is 11.4 Å². The number of halogens is 1. The molecule has 0 radical (unpaired) electrons. The molecule has 1 aromatic carbocycles. The molecule has 4 nitrogen and oxygen atoms in total. The van der Waals surface area contributed by atoms with Gasteiger partial charge in [0.1, 0.15) is 11.6 Å². The van der Waals surface area contributed by atoms with Crippen molar-refractivity contribution in [3.8, 4) is 11.4 Å². The van der Waals surface area contributed by atoms with Crippen molar-refractivity contribution < 1.29 is 12.8 Å². The van der Waals surface area contributed by atoms with E-state index in [-0.39, 0.29) is 23.2 Å². The van der Waals surface area contributed by atoms with Crippen LogP contribution in [0.3, 0.4) is 0 Å². The van der Waals surface area contributed by atoms with Gasteiger partial charge in [-0.15, -0.1) is 0 Å². The van der Waals surface area contributed by atoms with Crippen LogP contribution in [0.1, 0.15) is 25.0 Å². The van der Waals surface area contributed by atoms with E-state index in [0.29, 0.717) is 29.1 Å². The van der Waals surface area contributed by atoms with Crippen LogP contribution in [0.15, 0.2) is 24.5 Å². The molecule has 0 aliphatic rings. The monoisotopic (exact) mass is 338 g/mol. The Labute approximate surface area is 137 Å². The van der Waals surface area contributed by atoms with Crippen LogP contribution in [-0.2, 0) is 16.4 Å². The number of aryl methyl sites for hydroxylation is 2. The van der Waals surface area contributed by atoms with Crippen LogP contribution < -0.4 is 0 Å². The second-order valence-electron chi connectivity index (χ2n) is 6.32. The van der Waals surface area contributed by atoms with Gasteiger partial charge in [0, 0.05) is 24.5 Å². The summed E-state index contributed by atoms with van der Waals surface area (Å²) in [7, 11) is -3.10. The molecule has 0 spiro atoms. The van der Waals surface area contributed by atoms with Gasteiger partial charge in [-0.2, -0.15) is 0 Å². The molecule has 126 valence electrons. The molecule has 0 aliphatic carbocycles. The van der Waals surface area contributed by atoms with E-state index in [2.05, 4.69) is 4.98 Å². The van der Waals surface area contributed by atoms with E-state index in [9.17, 15) is 12.8 Å². The largest absolute Gasteiger partial charge is 0.330 e. The van der Waals surface area contributed by atoms with Crippen molar-refractivity contribution in [3.05, 3.63) is 41.5 Å². The lowest BCUT2D eigenvalue weighted by molar-refractivity contribution is 0.576. The number of rotatable bonds is 6. The number of aromatic nitrogens is 2. The number of sulfone groups is 1. The van der Waals surface area contributed by atoms with E-state index in [1.165, 1.54) is 0 Å². The Bertz CT molecular complexity index is 795. The fourth-order valence-corrected chi connectivity index (χ4v) is 4.28. The summed E-state index contributed by atoms with van der Waals surface area (Å²) in [5, 5.41) is 0. The lowest BCUT2D eigenvalue weighted by atomic mass is 10.0. The number of hydrogen-bond acceptors (Lipinski definition) is 3. The van der Waals surface area contributed by atoms with Crippen molar-refractivity contribution in [1.82, 2.24) is 9.55 Å². The predicted octanol–water partition coefficient (Wildman–Crippen LogP) is 3.38. The third-order valence-corrected chi connectivity index (χ3v) is 5.75. The predicted molar refractivity (Wildman–Crippen MR) is 90.6 cm³/mol. The first kappa shape index (κ1) is 17.7. The van der Waals surface area contributed by atoms with Crippen molar-refractivity contribution in [1.29, 1.82) is 0 Å². The molecular weight excluding hydrogens is 315 g/mol. The van der Waals surface area contributed by atoms with Crippen LogP contribution in [0.4, 0.5) is 4.39 Å². The molecule has 0 N–H and O–H groups in total. The maximum absolute atomic E-state index is 14.1. The molecule has 0 bridgehead atoms. The molecule has 0 saturated carbocycles. The van der Waals surface area contributed by atoms with E-state index in [0.717, 1.165) is 0 Å². The molecule has 0 unspecified atom stereocenters. The minimum Gasteiger partial charge on any atom is -0.330 e. The minimum atomic E-state index is -3.10. The molecular formula is C17H23FN2O2S. The van der Waals surface area contributed by atoms with E-state index < -0.39 is 9.84 Å². The number of imidazole rings is 1. The Morgan fingerprint density at radius 2 is 1.96 bits per heavy atom.